The van der Waals surface area contributed by atoms with Crippen molar-refractivity contribution in [3.8, 4) is 0 Å². The van der Waals surface area contributed by atoms with Crippen LogP contribution in [0.15, 0.2) is 30.3 Å². The van der Waals surface area contributed by atoms with Crippen molar-refractivity contribution >= 4 is 69.5 Å². The smallest absolute Gasteiger partial charge is 0.337 e. The molecule has 2 aromatic carbocycles. The van der Waals surface area contributed by atoms with E-state index >= 15 is 0 Å². The van der Waals surface area contributed by atoms with Crippen LogP contribution in [0.1, 0.15) is 20.7 Å². The van der Waals surface area contributed by atoms with Gasteiger partial charge in [-0.3, -0.25) is 20.2 Å². The molecule has 0 aromatic heterocycles. The third-order valence-corrected chi connectivity index (χ3v) is 5.38. The minimum Gasteiger partial charge on any atom is -0.478 e. The maximum atomic E-state index is 12.9. The van der Waals surface area contributed by atoms with E-state index in [1.807, 2.05) is 4.90 Å². The van der Waals surface area contributed by atoms with Gasteiger partial charge in [-0.15, -0.1) is 0 Å². The highest BCUT2D eigenvalue weighted by Gasteiger charge is 2.23. The summed E-state index contributed by atoms with van der Waals surface area (Å²) in [4.78, 5) is 36.7. The number of anilines is 2. The highest BCUT2D eigenvalue weighted by atomic mass is 35.5. The molecule has 2 aromatic rings. The van der Waals surface area contributed by atoms with E-state index in [0.29, 0.717) is 32.0 Å². The van der Waals surface area contributed by atoms with E-state index in [1.165, 1.54) is 30.3 Å². The van der Waals surface area contributed by atoms with E-state index < -0.39 is 16.8 Å². The number of hydrogen-bond donors (Lipinski definition) is 3. The van der Waals surface area contributed by atoms with Crippen LogP contribution in [0.25, 0.3) is 0 Å². The monoisotopic (exact) mass is 498 g/mol. The van der Waals surface area contributed by atoms with Crippen LogP contribution in [0.5, 0.6) is 0 Å². The summed E-state index contributed by atoms with van der Waals surface area (Å²) in [6, 6.07) is 6.40. The van der Waals surface area contributed by atoms with Crippen molar-refractivity contribution in [2.24, 2.45) is 0 Å². The minimum atomic E-state index is -1.27. The molecular weight excluding hydrogens is 483 g/mol. The molecule has 168 valence electrons. The number of hydrogen-bond acceptors (Lipinski definition) is 7. The SMILES string of the molecule is O=C(O)c1cc(NC(=S)NC(=O)c2cc([N+](=O)[O-])ccc2N2CCOCC2)c(Cl)cc1Cl. The van der Waals surface area contributed by atoms with Crippen LogP contribution in [0.3, 0.4) is 0 Å². The Hall–Kier alpha value is -2.99. The van der Waals surface area contributed by atoms with Crippen molar-refractivity contribution in [2.75, 3.05) is 36.5 Å². The normalized spacial score (nSPS) is 13.4. The Balaban J connectivity index is 1.84. The lowest BCUT2D eigenvalue weighted by atomic mass is 10.1. The van der Waals surface area contributed by atoms with Crippen molar-refractivity contribution < 1.29 is 24.4 Å². The highest BCUT2D eigenvalue weighted by molar-refractivity contribution is 7.80. The van der Waals surface area contributed by atoms with Gasteiger partial charge in [-0.05, 0) is 30.4 Å². The van der Waals surface area contributed by atoms with Crippen LogP contribution in [-0.4, -0.2) is 53.3 Å². The number of morpholine rings is 1. The quantitative estimate of drug-likeness (QED) is 0.321. The Morgan fingerprint density at radius 3 is 2.44 bits per heavy atom. The van der Waals surface area contributed by atoms with E-state index in [4.69, 9.17) is 40.2 Å². The zero-order valence-electron chi connectivity index (χ0n) is 16.3. The van der Waals surface area contributed by atoms with Crippen LogP contribution < -0.4 is 15.5 Å². The second kappa shape index (κ2) is 10.1. The molecule has 0 radical (unpaired) electrons. The number of amides is 1. The lowest BCUT2D eigenvalue weighted by Crippen LogP contribution is -2.39. The molecule has 1 aliphatic rings. The minimum absolute atomic E-state index is 0.0543. The number of thiocarbonyl (C=S) groups is 1. The summed E-state index contributed by atoms with van der Waals surface area (Å²) in [5.41, 5.74) is 0.209. The molecule has 1 amide bonds. The number of nitrogens with zero attached hydrogens (tertiary/aromatic N) is 2. The van der Waals surface area contributed by atoms with E-state index in [2.05, 4.69) is 10.6 Å². The summed E-state index contributed by atoms with van der Waals surface area (Å²) in [6.45, 7) is 1.94. The number of rotatable bonds is 5. The first kappa shape index (κ1) is 23.7. The summed E-state index contributed by atoms with van der Waals surface area (Å²) in [5.74, 6) is -1.95. The van der Waals surface area contributed by atoms with Crippen molar-refractivity contribution in [3.05, 3.63) is 61.6 Å². The molecule has 1 fully saturated rings. The van der Waals surface area contributed by atoms with Gasteiger partial charge in [0, 0.05) is 25.2 Å². The number of ether oxygens (including phenoxy) is 1. The molecule has 3 N–H and O–H groups in total. The van der Waals surface area contributed by atoms with Gasteiger partial charge in [-0.25, -0.2) is 4.79 Å². The number of carbonyl (C=O) groups is 2. The van der Waals surface area contributed by atoms with Crippen molar-refractivity contribution in [1.82, 2.24) is 5.32 Å². The zero-order valence-corrected chi connectivity index (χ0v) is 18.6. The first-order valence-corrected chi connectivity index (χ1v) is 10.3. The van der Waals surface area contributed by atoms with Crippen LogP contribution >= 0.6 is 35.4 Å². The number of benzene rings is 2. The third kappa shape index (κ3) is 5.43. The van der Waals surface area contributed by atoms with Crippen LogP contribution in [0, 0.1) is 10.1 Å². The second-order valence-corrected chi connectivity index (χ2v) is 7.81. The second-order valence-electron chi connectivity index (χ2n) is 6.58. The first-order valence-electron chi connectivity index (χ1n) is 9.13. The van der Waals surface area contributed by atoms with E-state index in [-0.39, 0.29) is 37.7 Å². The molecule has 1 aliphatic heterocycles. The van der Waals surface area contributed by atoms with Gasteiger partial charge >= 0.3 is 5.97 Å². The number of carboxylic acid groups (broad SMARTS) is 1. The van der Waals surface area contributed by atoms with Gasteiger partial charge in [0.05, 0.1) is 50.7 Å². The van der Waals surface area contributed by atoms with Gasteiger partial charge in [0.1, 0.15) is 0 Å². The van der Waals surface area contributed by atoms with E-state index in [0.717, 1.165) is 0 Å². The van der Waals surface area contributed by atoms with Crippen molar-refractivity contribution in [1.29, 1.82) is 0 Å². The fraction of sp³-hybridized carbons (Fsp3) is 0.211. The van der Waals surface area contributed by atoms with Gasteiger partial charge in [0.2, 0.25) is 0 Å². The summed E-state index contributed by atoms with van der Waals surface area (Å²) in [6.07, 6.45) is 0. The van der Waals surface area contributed by atoms with Gasteiger partial charge < -0.3 is 20.1 Å². The Morgan fingerprint density at radius 1 is 1.12 bits per heavy atom. The molecule has 1 saturated heterocycles. The number of aromatic carboxylic acids is 1. The number of carbonyl (C=O) groups excluding carboxylic acids is 1. The number of nitro groups is 1. The van der Waals surface area contributed by atoms with Gasteiger partial charge in [0.15, 0.2) is 5.11 Å². The molecule has 0 bridgehead atoms. The Labute approximate surface area is 197 Å². The van der Waals surface area contributed by atoms with Crippen molar-refractivity contribution in [2.45, 2.75) is 0 Å². The molecular formula is C19H16Cl2N4O6S. The average molecular weight is 499 g/mol. The molecule has 10 nitrogen and oxygen atoms in total. The Morgan fingerprint density at radius 2 is 1.81 bits per heavy atom. The molecule has 0 unspecified atom stereocenters. The van der Waals surface area contributed by atoms with Gasteiger partial charge in [0.25, 0.3) is 11.6 Å². The summed E-state index contributed by atoms with van der Waals surface area (Å²) in [5, 5.41) is 25.3. The molecule has 0 atom stereocenters. The number of nitrogens with one attached hydrogen (secondary N) is 2. The topological polar surface area (TPSA) is 134 Å². The molecule has 32 heavy (non-hydrogen) atoms. The Bertz CT molecular complexity index is 1110. The lowest BCUT2D eigenvalue weighted by Gasteiger charge is -2.30. The molecule has 0 spiro atoms. The van der Waals surface area contributed by atoms with Crippen LogP contribution in [0.2, 0.25) is 10.0 Å². The molecule has 1 heterocycles. The first-order chi connectivity index (χ1) is 15.2. The molecule has 13 heteroatoms. The number of carboxylic acids is 1. The zero-order chi connectivity index (χ0) is 23.4. The fourth-order valence-corrected chi connectivity index (χ4v) is 3.75. The predicted molar refractivity (Wildman–Crippen MR) is 123 cm³/mol. The lowest BCUT2D eigenvalue weighted by molar-refractivity contribution is -0.384. The standard InChI is InChI=1S/C19H16Cl2N4O6S/c20-13-9-14(21)15(8-11(13)18(27)28)22-19(32)23-17(26)12-7-10(25(29)30)1-2-16(12)24-3-5-31-6-4-24/h1-2,7-9H,3-6H2,(H,27,28)(H2,22,23,26,32). The number of halogens is 2. The summed E-state index contributed by atoms with van der Waals surface area (Å²) < 4.78 is 5.32. The molecule has 0 saturated carbocycles. The average Bonchev–Trinajstić information content (AvgIpc) is 2.75. The maximum Gasteiger partial charge on any atom is 0.337 e. The van der Waals surface area contributed by atoms with Gasteiger partial charge in [-0.2, -0.15) is 0 Å². The Kier molecular flexibility index (Phi) is 7.46. The third-order valence-electron chi connectivity index (χ3n) is 4.55. The van der Waals surface area contributed by atoms with Crippen molar-refractivity contribution in [3.63, 3.8) is 0 Å². The number of non-ortho nitro benzene ring substituents is 1. The van der Waals surface area contributed by atoms with Crippen LogP contribution in [0.4, 0.5) is 17.1 Å². The van der Waals surface area contributed by atoms with Gasteiger partial charge in [-0.1, -0.05) is 23.2 Å². The van der Waals surface area contributed by atoms with Crippen LogP contribution in [-0.2, 0) is 4.74 Å². The predicted octanol–water partition coefficient (Wildman–Crippen LogP) is 3.56. The summed E-state index contributed by atoms with van der Waals surface area (Å²) in [7, 11) is 0. The summed E-state index contributed by atoms with van der Waals surface area (Å²) >= 11 is 17.1. The van der Waals surface area contributed by atoms with E-state index in [1.54, 1.807) is 0 Å². The molecule has 0 aliphatic carbocycles. The molecule has 3 rings (SSSR count). The largest absolute Gasteiger partial charge is 0.478 e. The maximum absolute atomic E-state index is 12.9. The van der Waals surface area contributed by atoms with E-state index in [9.17, 15) is 24.8 Å². The highest BCUT2D eigenvalue weighted by Crippen LogP contribution is 2.30. The number of nitro benzene ring substituents is 1. The fourth-order valence-electron chi connectivity index (χ4n) is 3.03.